The molecule has 0 radical (unpaired) electrons. The van der Waals surface area contributed by atoms with Gasteiger partial charge in [-0.2, -0.15) is 0 Å². The van der Waals surface area contributed by atoms with Crippen LogP contribution in [0.15, 0.2) is 29.6 Å². The summed E-state index contributed by atoms with van der Waals surface area (Å²) in [5, 5.41) is 2.10. The average molecular weight is 297 g/mol. The highest BCUT2D eigenvalue weighted by Gasteiger charge is 2.26. The molecule has 0 N–H and O–H groups in total. The Bertz CT molecular complexity index is 688. The molecule has 2 aromatic rings. The van der Waals surface area contributed by atoms with E-state index in [-0.39, 0.29) is 5.91 Å². The van der Waals surface area contributed by atoms with Crippen molar-refractivity contribution in [2.24, 2.45) is 0 Å². The predicted molar refractivity (Wildman–Crippen MR) is 85.8 cm³/mol. The SMILES string of the molecule is O=C(c1csc2c1CCCC2)N1CCc2ccccc2C1. The van der Waals surface area contributed by atoms with Gasteiger partial charge >= 0.3 is 0 Å². The molecule has 0 spiro atoms. The van der Waals surface area contributed by atoms with Crippen molar-refractivity contribution in [3.63, 3.8) is 0 Å². The van der Waals surface area contributed by atoms with Crippen LogP contribution >= 0.6 is 11.3 Å². The molecular formula is C18H19NOS. The lowest BCUT2D eigenvalue weighted by Gasteiger charge is -2.29. The van der Waals surface area contributed by atoms with Gasteiger partial charge < -0.3 is 4.90 Å². The van der Waals surface area contributed by atoms with Gasteiger partial charge in [-0.25, -0.2) is 0 Å². The van der Waals surface area contributed by atoms with Gasteiger partial charge in [-0.05, 0) is 48.8 Å². The predicted octanol–water partition coefficient (Wildman–Crippen LogP) is 3.83. The van der Waals surface area contributed by atoms with Crippen LogP contribution in [0, 0.1) is 0 Å². The summed E-state index contributed by atoms with van der Waals surface area (Å²) in [7, 11) is 0. The lowest BCUT2D eigenvalue weighted by molar-refractivity contribution is 0.0734. The Labute approximate surface area is 129 Å². The molecule has 4 rings (SSSR count). The van der Waals surface area contributed by atoms with Crippen LogP contribution in [-0.4, -0.2) is 17.4 Å². The molecule has 3 heteroatoms. The van der Waals surface area contributed by atoms with Gasteiger partial charge in [0.1, 0.15) is 0 Å². The van der Waals surface area contributed by atoms with E-state index in [9.17, 15) is 4.79 Å². The van der Waals surface area contributed by atoms with Crippen LogP contribution in [0.3, 0.4) is 0 Å². The second kappa shape index (κ2) is 5.30. The number of hydrogen-bond acceptors (Lipinski definition) is 2. The van der Waals surface area contributed by atoms with E-state index in [1.54, 1.807) is 11.3 Å². The molecular weight excluding hydrogens is 278 g/mol. The van der Waals surface area contributed by atoms with Crippen LogP contribution in [0.25, 0.3) is 0 Å². The van der Waals surface area contributed by atoms with Gasteiger partial charge in [0.2, 0.25) is 0 Å². The zero-order valence-electron chi connectivity index (χ0n) is 12.1. The summed E-state index contributed by atoms with van der Waals surface area (Å²) in [6.07, 6.45) is 5.74. The minimum absolute atomic E-state index is 0.240. The summed E-state index contributed by atoms with van der Waals surface area (Å²) in [6.45, 7) is 1.61. The van der Waals surface area contributed by atoms with Crippen LogP contribution < -0.4 is 0 Å². The van der Waals surface area contributed by atoms with Crippen LogP contribution in [0.5, 0.6) is 0 Å². The Morgan fingerprint density at radius 1 is 1.05 bits per heavy atom. The Hall–Kier alpha value is -1.61. The van der Waals surface area contributed by atoms with E-state index in [1.807, 2.05) is 4.90 Å². The number of benzene rings is 1. The molecule has 0 bridgehead atoms. The zero-order chi connectivity index (χ0) is 14.2. The minimum atomic E-state index is 0.240. The number of hydrogen-bond donors (Lipinski definition) is 0. The second-order valence-corrected chi connectivity index (χ2v) is 6.97. The van der Waals surface area contributed by atoms with Gasteiger partial charge in [0.15, 0.2) is 0 Å². The van der Waals surface area contributed by atoms with Crippen LogP contribution in [0.4, 0.5) is 0 Å². The first-order chi connectivity index (χ1) is 10.3. The third kappa shape index (κ3) is 2.30. The third-order valence-corrected chi connectivity index (χ3v) is 5.80. The molecule has 1 aliphatic carbocycles. The zero-order valence-corrected chi connectivity index (χ0v) is 12.9. The number of rotatable bonds is 1. The number of amides is 1. The fourth-order valence-electron chi connectivity index (χ4n) is 3.51. The van der Waals surface area contributed by atoms with E-state index in [2.05, 4.69) is 29.6 Å². The van der Waals surface area contributed by atoms with E-state index < -0.39 is 0 Å². The maximum absolute atomic E-state index is 12.9. The van der Waals surface area contributed by atoms with Crippen LogP contribution in [0.1, 0.15) is 44.8 Å². The molecule has 108 valence electrons. The summed E-state index contributed by atoms with van der Waals surface area (Å²) >= 11 is 1.78. The molecule has 1 aliphatic heterocycles. The average Bonchev–Trinajstić information content (AvgIpc) is 2.98. The van der Waals surface area contributed by atoms with Gasteiger partial charge in [-0.3, -0.25) is 4.79 Å². The number of nitrogens with zero attached hydrogens (tertiary/aromatic N) is 1. The normalized spacial score (nSPS) is 17.2. The fourth-order valence-corrected chi connectivity index (χ4v) is 4.63. The standard InChI is InChI=1S/C18H19NOS/c20-18(16-12-21-17-8-4-3-7-15(16)17)19-10-9-13-5-1-2-6-14(13)11-19/h1-2,5-6,12H,3-4,7-11H2. The highest BCUT2D eigenvalue weighted by Crippen LogP contribution is 2.31. The van der Waals surface area contributed by atoms with Crippen molar-refractivity contribution in [1.29, 1.82) is 0 Å². The van der Waals surface area contributed by atoms with Gasteiger partial charge in [-0.1, -0.05) is 24.3 Å². The number of thiophene rings is 1. The molecule has 0 saturated carbocycles. The fraction of sp³-hybridized carbons (Fsp3) is 0.389. The van der Waals surface area contributed by atoms with E-state index in [4.69, 9.17) is 0 Å². The number of carbonyl (C=O) groups is 1. The van der Waals surface area contributed by atoms with Crippen molar-refractivity contribution < 1.29 is 4.79 Å². The number of carbonyl (C=O) groups excluding carboxylic acids is 1. The Balaban J connectivity index is 1.60. The molecule has 1 aromatic heterocycles. The second-order valence-electron chi connectivity index (χ2n) is 6.00. The quantitative estimate of drug-likeness (QED) is 0.783. The summed E-state index contributed by atoms with van der Waals surface area (Å²) < 4.78 is 0. The maximum Gasteiger partial charge on any atom is 0.255 e. The van der Waals surface area contributed by atoms with Gasteiger partial charge in [0, 0.05) is 23.3 Å². The molecule has 2 aliphatic rings. The number of fused-ring (bicyclic) bond motifs is 2. The monoisotopic (exact) mass is 297 g/mol. The molecule has 0 saturated heterocycles. The maximum atomic E-state index is 12.9. The molecule has 0 fully saturated rings. The van der Waals surface area contributed by atoms with E-state index >= 15 is 0 Å². The molecule has 2 nitrogen and oxygen atoms in total. The topological polar surface area (TPSA) is 20.3 Å². The largest absolute Gasteiger partial charge is 0.334 e. The molecule has 1 aromatic carbocycles. The smallest absolute Gasteiger partial charge is 0.255 e. The third-order valence-electron chi connectivity index (χ3n) is 4.71. The van der Waals surface area contributed by atoms with Crippen LogP contribution in [-0.2, 0) is 25.8 Å². The summed E-state index contributed by atoms with van der Waals surface area (Å²) in [4.78, 5) is 16.3. The van der Waals surface area contributed by atoms with E-state index in [0.717, 1.165) is 37.9 Å². The van der Waals surface area contributed by atoms with Crippen molar-refractivity contribution in [3.8, 4) is 0 Å². The summed E-state index contributed by atoms with van der Waals surface area (Å²) in [5.41, 5.74) is 5.03. The summed E-state index contributed by atoms with van der Waals surface area (Å²) in [5.74, 6) is 0.240. The van der Waals surface area contributed by atoms with Crippen molar-refractivity contribution in [2.75, 3.05) is 6.54 Å². The van der Waals surface area contributed by atoms with Crippen LogP contribution in [0.2, 0.25) is 0 Å². The minimum Gasteiger partial charge on any atom is -0.334 e. The van der Waals surface area contributed by atoms with Crippen molar-refractivity contribution in [2.45, 2.75) is 38.6 Å². The van der Waals surface area contributed by atoms with E-state index in [0.29, 0.717) is 0 Å². The number of aryl methyl sites for hydroxylation is 1. The van der Waals surface area contributed by atoms with E-state index in [1.165, 1.54) is 34.4 Å². The van der Waals surface area contributed by atoms with Gasteiger partial charge in [0.25, 0.3) is 5.91 Å². The van der Waals surface area contributed by atoms with Crippen molar-refractivity contribution in [3.05, 3.63) is 56.8 Å². The highest BCUT2D eigenvalue weighted by atomic mass is 32.1. The van der Waals surface area contributed by atoms with Gasteiger partial charge in [-0.15, -0.1) is 11.3 Å². The molecule has 2 heterocycles. The Kier molecular flexibility index (Phi) is 3.30. The molecule has 0 atom stereocenters. The lowest BCUT2D eigenvalue weighted by atomic mass is 9.94. The first-order valence-corrected chi connectivity index (χ1v) is 8.66. The Morgan fingerprint density at radius 2 is 1.86 bits per heavy atom. The first kappa shape index (κ1) is 13.1. The van der Waals surface area contributed by atoms with Gasteiger partial charge in [0.05, 0.1) is 5.56 Å². The highest BCUT2D eigenvalue weighted by molar-refractivity contribution is 7.10. The van der Waals surface area contributed by atoms with Crippen molar-refractivity contribution >= 4 is 17.2 Å². The van der Waals surface area contributed by atoms with Crippen molar-refractivity contribution in [1.82, 2.24) is 4.90 Å². The Morgan fingerprint density at radius 3 is 2.76 bits per heavy atom. The molecule has 0 unspecified atom stereocenters. The lowest BCUT2D eigenvalue weighted by Crippen LogP contribution is -2.36. The summed E-state index contributed by atoms with van der Waals surface area (Å²) in [6, 6.07) is 8.49. The molecule has 1 amide bonds. The first-order valence-electron chi connectivity index (χ1n) is 7.78. The molecule has 21 heavy (non-hydrogen) atoms.